The van der Waals surface area contributed by atoms with Crippen LogP contribution < -0.4 is 11.1 Å². The van der Waals surface area contributed by atoms with Gasteiger partial charge in [0.05, 0.1) is 5.56 Å². The number of nitrogen functional groups attached to an aromatic ring is 1. The fourth-order valence-corrected chi connectivity index (χ4v) is 3.13. The van der Waals surface area contributed by atoms with E-state index in [1.54, 1.807) is 0 Å². The van der Waals surface area contributed by atoms with E-state index in [2.05, 4.69) is 9.69 Å². The van der Waals surface area contributed by atoms with Crippen molar-refractivity contribution in [1.29, 1.82) is 0 Å². The van der Waals surface area contributed by atoms with Crippen molar-refractivity contribution in [1.82, 2.24) is 9.69 Å². The molecule has 1 aromatic heterocycles. The Labute approximate surface area is 114 Å². The molecule has 106 valence electrons. The van der Waals surface area contributed by atoms with Gasteiger partial charge >= 0.3 is 0 Å². The summed E-state index contributed by atoms with van der Waals surface area (Å²) in [5.41, 5.74) is 4.92. The van der Waals surface area contributed by atoms with Crippen LogP contribution in [0.5, 0.6) is 0 Å². The molecule has 0 aromatic carbocycles. The van der Waals surface area contributed by atoms with E-state index in [0.29, 0.717) is 12.5 Å². The van der Waals surface area contributed by atoms with E-state index in [4.69, 9.17) is 5.73 Å². The van der Waals surface area contributed by atoms with Crippen molar-refractivity contribution in [2.24, 2.45) is 5.92 Å². The van der Waals surface area contributed by atoms with Crippen molar-refractivity contribution in [2.45, 2.75) is 38.5 Å². The smallest absolute Gasteiger partial charge is 0.269 e. The minimum Gasteiger partial charge on any atom is -0.382 e. The molecule has 19 heavy (non-hydrogen) atoms. The maximum atomic E-state index is 12.8. The highest BCUT2D eigenvalue weighted by Gasteiger charge is 2.25. The highest BCUT2D eigenvalue weighted by Crippen LogP contribution is 2.31. The Morgan fingerprint density at radius 1 is 1.42 bits per heavy atom. The van der Waals surface area contributed by atoms with Crippen LogP contribution in [0, 0.1) is 5.92 Å². The number of carbonyl (C=O) groups excluding carboxylic acids is 1. The molecule has 2 rings (SSSR count). The first kappa shape index (κ1) is 14.2. The van der Waals surface area contributed by atoms with Crippen LogP contribution in [0.1, 0.15) is 53.8 Å². The molecule has 0 atom stereocenters. The molecule has 0 saturated heterocycles. The van der Waals surface area contributed by atoms with Crippen molar-refractivity contribution in [3.05, 3.63) is 10.4 Å². The van der Waals surface area contributed by atoms with Gasteiger partial charge in [-0.3, -0.25) is 4.79 Å². The molecule has 1 heterocycles. The normalized spacial score (nSPS) is 16.8. The second-order valence-corrected chi connectivity index (χ2v) is 5.60. The number of nitrogens with zero attached hydrogens (tertiary/aromatic N) is 1. The zero-order valence-electron chi connectivity index (χ0n) is 10.5. The van der Waals surface area contributed by atoms with Crippen molar-refractivity contribution in [2.75, 3.05) is 12.3 Å². The number of hydrogen-bond donors (Lipinski definition) is 2. The van der Waals surface area contributed by atoms with Crippen molar-refractivity contribution in [3.63, 3.8) is 0 Å². The molecule has 1 aliphatic carbocycles. The Bertz CT molecular complexity index is 444. The number of halogens is 2. The molecule has 0 bridgehead atoms. The Morgan fingerprint density at radius 3 is 2.74 bits per heavy atom. The Hall–Kier alpha value is -1.24. The summed E-state index contributed by atoms with van der Waals surface area (Å²) in [5.74, 6) is -0.282. The minimum atomic E-state index is -2.77. The quantitative estimate of drug-likeness (QED) is 0.895. The summed E-state index contributed by atoms with van der Waals surface area (Å²) in [7, 11) is 0. The molecule has 0 aliphatic heterocycles. The minimum absolute atomic E-state index is 0.0664. The fraction of sp³-hybridized carbons (Fsp3) is 0.667. The molecule has 7 heteroatoms. The average molecular weight is 289 g/mol. The van der Waals surface area contributed by atoms with Gasteiger partial charge in [-0.15, -0.1) is 0 Å². The molecule has 0 unspecified atom stereocenters. The maximum absolute atomic E-state index is 12.8. The zero-order chi connectivity index (χ0) is 13.8. The zero-order valence-corrected chi connectivity index (χ0v) is 11.3. The van der Waals surface area contributed by atoms with Crippen LogP contribution in [0.15, 0.2) is 0 Å². The lowest BCUT2D eigenvalue weighted by atomic mass is 9.89. The number of aromatic nitrogens is 1. The van der Waals surface area contributed by atoms with Gasteiger partial charge in [-0.2, -0.15) is 4.37 Å². The standard InChI is InChI=1S/C12H17F2N3OS/c13-10(14)8-9(19-17-11(8)15)12(18)16-6-7-4-2-1-3-5-7/h7,10H,1-6H2,(H2,15,17)(H,16,18). The number of carbonyl (C=O) groups is 1. The number of nitrogens with two attached hydrogens (primary N) is 1. The number of alkyl halides is 2. The van der Waals surface area contributed by atoms with Crippen LogP contribution in [0.2, 0.25) is 0 Å². The van der Waals surface area contributed by atoms with E-state index in [0.717, 1.165) is 24.4 Å². The predicted octanol–water partition coefficient (Wildman–Crippen LogP) is 2.97. The van der Waals surface area contributed by atoms with Crippen molar-refractivity contribution < 1.29 is 13.6 Å². The van der Waals surface area contributed by atoms with Crippen LogP contribution in [0.4, 0.5) is 14.6 Å². The summed E-state index contributed by atoms with van der Waals surface area (Å²) in [6.07, 6.45) is 3.01. The summed E-state index contributed by atoms with van der Waals surface area (Å²) in [5, 5.41) is 2.72. The van der Waals surface area contributed by atoms with Crippen LogP contribution in [-0.4, -0.2) is 16.8 Å². The second-order valence-electron chi connectivity index (χ2n) is 4.83. The number of rotatable bonds is 4. The van der Waals surface area contributed by atoms with Gasteiger partial charge in [0.1, 0.15) is 10.7 Å². The van der Waals surface area contributed by atoms with Crippen molar-refractivity contribution in [3.8, 4) is 0 Å². The van der Waals surface area contributed by atoms with Gasteiger partial charge in [0, 0.05) is 6.54 Å². The monoisotopic (exact) mass is 289 g/mol. The van der Waals surface area contributed by atoms with E-state index in [1.807, 2.05) is 0 Å². The third kappa shape index (κ3) is 3.40. The van der Waals surface area contributed by atoms with Crippen molar-refractivity contribution >= 4 is 23.3 Å². The first-order valence-corrected chi connectivity index (χ1v) is 7.18. The van der Waals surface area contributed by atoms with Crippen LogP contribution >= 0.6 is 11.5 Å². The third-order valence-electron chi connectivity index (χ3n) is 3.46. The van der Waals surface area contributed by atoms with Crippen LogP contribution in [-0.2, 0) is 0 Å². The van der Waals surface area contributed by atoms with E-state index in [9.17, 15) is 13.6 Å². The van der Waals surface area contributed by atoms with E-state index in [-0.39, 0.29) is 10.7 Å². The highest BCUT2D eigenvalue weighted by atomic mass is 32.1. The summed E-state index contributed by atoms with van der Waals surface area (Å²) in [6, 6.07) is 0. The number of hydrogen-bond acceptors (Lipinski definition) is 4. The molecule has 1 saturated carbocycles. The summed E-state index contributed by atoms with van der Waals surface area (Å²) < 4.78 is 29.2. The third-order valence-corrected chi connectivity index (χ3v) is 4.33. The molecule has 4 nitrogen and oxygen atoms in total. The number of anilines is 1. The molecular formula is C12H17F2N3OS. The fourth-order valence-electron chi connectivity index (χ4n) is 2.39. The van der Waals surface area contributed by atoms with Gasteiger partial charge in [-0.1, -0.05) is 19.3 Å². The molecule has 0 radical (unpaired) electrons. The number of nitrogens with one attached hydrogen (secondary N) is 1. The Balaban J connectivity index is 1.96. The summed E-state index contributed by atoms with van der Waals surface area (Å²) in [4.78, 5) is 11.8. The van der Waals surface area contributed by atoms with Crippen LogP contribution in [0.25, 0.3) is 0 Å². The van der Waals surface area contributed by atoms with Gasteiger partial charge < -0.3 is 11.1 Å². The molecule has 0 spiro atoms. The lowest BCUT2D eigenvalue weighted by molar-refractivity contribution is 0.0936. The van der Waals surface area contributed by atoms with Gasteiger partial charge in [-0.05, 0) is 30.3 Å². The lowest BCUT2D eigenvalue weighted by Gasteiger charge is -2.21. The Kier molecular flexibility index (Phi) is 4.68. The molecule has 1 aromatic rings. The van der Waals surface area contributed by atoms with E-state index >= 15 is 0 Å². The lowest BCUT2D eigenvalue weighted by Crippen LogP contribution is -2.30. The molecule has 1 amide bonds. The highest BCUT2D eigenvalue weighted by molar-refractivity contribution is 7.08. The van der Waals surface area contributed by atoms with Gasteiger partial charge in [0.25, 0.3) is 12.3 Å². The summed E-state index contributed by atoms with van der Waals surface area (Å²) in [6.45, 7) is 0.541. The average Bonchev–Trinajstić information content (AvgIpc) is 2.79. The first-order chi connectivity index (χ1) is 9.09. The van der Waals surface area contributed by atoms with E-state index in [1.165, 1.54) is 19.3 Å². The summed E-state index contributed by atoms with van der Waals surface area (Å²) >= 11 is 0.732. The first-order valence-electron chi connectivity index (χ1n) is 6.41. The van der Waals surface area contributed by atoms with Gasteiger partial charge in [0.15, 0.2) is 0 Å². The SMILES string of the molecule is Nc1nsc(C(=O)NCC2CCCCC2)c1C(F)F. The van der Waals surface area contributed by atoms with Gasteiger partial charge in [0.2, 0.25) is 0 Å². The molecule has 1 fully saturated rings. The van der Waals surface area contributed by atoms with E-state index < -0.39 is 17.9 Å². The molecule has 3 N–H and O–H groups in total. The topological polar surface area (TPSA) is 68.0 Å². The van der Waals surface area contributed by atoms with Crippen LogP contribution in [0.3, 0.4) is 0 Å². The maximum Gasteiger partial charge on any atom is 0.269 e. The Morgan fingerprint density at radius 2 is 2.11 bits per heavy atom. The number of amides is 1. The molecule has 1 aliphatic rings. The molecular weight excluding hydrogens is 272 g/mol. The predicted molar refractivity (Wildman–Crippen MR) is 70.4 cm³/mol. The second kappa shape index (κ2) is 6.27. The largest absolute Gasteiger partial charge is 0.382 e. The van der Waals surface area contributed by atoms with Gasteiger partial charge in [-0.25, -0.2) is 8.78 Å².